The summed E-state index contributed by atoms with van der Waals surface area (Å²) in [5.74, 6) is -0.257. The summed E-state index contributed by atoms with van der Waals surface area (Å²) in [4.78, 5) is 13.2. The molecule has 0 aliphatic carbocycles. The van der Waals surface area contributed by atoms with Gasteiger partial charge < -0.3 is 89.9 Å². The maximum absolute atomic E-state index is 13.2. The first kappa shape index (κ1) is 60.8. The zero-order chi connectivity index (χ0) is 49.8. The fraction of sp³-hybridized carbons (Fsp3) is 0.939. The van der Waals surface area contributed by atoms with Gasteiger partial charge in [0.1, 0.15) is 73.2 Å². The number of ether oxygens (including phenoxy) is 6. The molecule has 17 atom stereocenters. The van der Waals surface area contributed by atoms with E-state index in [0.717, 1.165) is 70.6 Å². The third kappa shape index (κ3) is 20.6. The minimum Gasteiger partial charge on any atom is -0.394 e. The van der Waals surface area contributed by atoms with E-state index >= 15 is 0 Å². The molecule has 0 aromatic heterocycles. The minimum atomic E-state index is -1.97. The number of hydrogen-bond acceptors (Lipinski definition) is 18. The topological polar surface area (TPSA) is 307 Å². The van der Waals surface area contributed by atoms with E-state index in [1.165, 1.54) is 57.8 Å². The quantitative estimate of drug-likeness (QED) is 0.0315. The molecule has 0 radical (unpaired) electrons. The van der Waals surface area contributed by atoms with E-state index < -0.39 is 124 Å². The van der Waals surface area contributed by atoms with Gasteiger partial charge in [-0.05, 0) is 32.1 Å². The third-order valence-corrected chi connectivity index (χ3v) is 13.3. The molecule has 400 valence electrons. The third-order valence-electron chi connectivity index (χ3n) is 13.3. The van der Waals surface area contributed by atoms with Crippen molar-refractivity contribution in [2.45, 2.75) is 266 Å². The molecule has 0 aromatic rings. The van der Waals surface area contributed by atoms with Crippen LogP contribution < -0.4 is 5.32 Å². The average Bonchev–Trinajstić information content (AvgIpc) is 3.33. The van der Waals surface area contributed by atoms with E-state index in [4.69, 9.17) is 28.4 Å². The molecular weight excluding hydrogens is 891 g/mol. The van der Waals surface area contributed by atoms with E-state index in [1.54, 1.807) is 0 Å². The Balaban J connectivity index is 1.56. The van der Waals surface area contributed by atoms with Crippen molar-refractivity contribution in [3.63, 3.8) is 0 Å². The lowest BCUT2D eigenvalue weighted by Gasteiger charge is -2.48. The van der Waals surface area contributed by atoms with Gasteiger partial charge in [-0.15, -0.1) is 0 Å². The molecule has 17 unspecified atom stereocenters. The Morgan fingerprint density at radius 1 is 0.515 bits per heavy atom. The van der Waals surface area contributed by atoms with Crippen molar-refractivity contribution in [3.8, 4) is 0 Å². The van der Waals surface area contributed by atoms with Gasteiger partial charge in [-0.1, -0.05) is 135 Å². The van der Waals surface area contributed by atoms with E-state index in [9.17, 15) is 61.0 Å². The monoisotopic (exact) mass is 982 g/mol. The normalized spacial score (nSPS) is 33.2. The number of rotatable bonds is 36. The molecule has 0 spiro atoms. The first-order valence-electron chi connectivity index (χ1n) is 25.9. The standard InChI is InChI=1S/C49H91NO18/c1-3-5-7-9-11-13-15-16-17-18-20-22-24-26-33(54)32(50-37(55)27-25-23-21-19-14-12-10-8-6-4-2)31-63-47-43(61)40(58)45(35(29-52)65-47)68-49-44(62)41(59)46(36(30-53)66-49)67-48-42(60)39(57)38(56)34(28-51)64-48/h8,10,32-36,38-49,51-54,56-62H,3-7,9,11-31H2,1-2H3,(H,50,55)/b10-8-. The Hall–Kier alpha value is -1.47. The van der Waals surface area contributed by atoms with Crippen LogP contribution in [0.1, 0.15) is 162 Å². The van der Waals surface area contributed by atoms with Crippen LogP contribution in [0.15, 0.2) is 12.2 Å². The highest BCUT2D eigenvalue weighted by Gasteiger charge is 2.53. The van der Waals surface area contributed by atoms with E-state index in [2.05, 4.69) is 31.3 Å². The highest BCUT2D eigenvalue weighted by atomic mass is 16.8. The molecule has 3 fully saturated rings. The number of carbonyl (C=O) groups excluding carboxylic acids is 1. The molecule has 0 saturated carbocycles. The Morgan fingerprint density at radius 3 is 1.49 bits per heavy atom. The zero-order valence-electron chi connectivity index (χ0n) is 40.8. The largest absolute Gasteiger partial charge is 0.394 e. The van der Waals surface area contributed by atoms with Crippen molar-refractivity contribution >= 4 is 5.91 Å². The van der Waals surface area contributed by atoms with Crippen molar-refractivity contribution in [2.75, 3.05) is 26.4 Å². The number of hydrogen-bond donors (Lipinski definition) is 12. The Labute approximate surface area is 404 Å². The fourth-order valence-electron chi connectivity index (χ4n) is 8.96. The van der Waals surface area contributed by atoms with Crippen LogP contribution in [0.25, 0.3) is 0 Å². The number of allylic oxidation sites excluding steroid dienone is 2. The van der Waals surface area contributed by atoms with Gasteiger partial charge in [0.05, 0.1) is 38.6 Å². The molecule has 3 heterocycles. The summed E-state index contributed by atoms with van der Waals surface area (Å²) in [6.45, 7) is 1.67. The summed E-state index contributed by atoms with van der Waals surface area (Å²) in [7, 11) is 0. The minimum absolute atomic E-state index is 0.257. The van der Waals surface area contributed by atoms with Gasteiger partial charge in [-0.2, -0.15) is 0 Å². The first-order valence-corrected chi connectivity index (χ1v) is 25.9. The van der Waals surface area contributed by atoms with Gasteiger partial charge in [0.15, 0.2) is 18.9 Å². The Bertz CT molecular complexity index is 1310. The molecule has 12 N–H and O–H groups in total. The van der Waals surface area contributed by atoms with Crippen molar-refractivity contribution in [1.29, 1.82) is 0 Å². The fourth-order valence-corrected chi connectivity index (χ4v) is 8.96. The highest BCUT2D eigenvalue weighted by molar-refractivity contribution is 5.76. The van der Waals surface area contributed by atoms with Crippen molar-refractivity contribution in [1.82, 2.24) is 5.32 Å². The highest BCUT2D eigenvalue weighted by Crippen LogP contribution is 2.33. The molecule has 3 rings (SSSR count). The van der Waals surface area contributed by atoms with E-state index in [-0.39, 0.29) is 18.9 Å². The molecule has 19 heteroatoms. The van der Waals surface area contributed by atoms with Crippen LogP contribution in [0.4, 0.5) is 0 Å². The van der Waals surface area contributed by atoms with Crippen molar-refractivity contribution < 1.29 is 89.4 Å². The van der Waals surface area contributed by atoms with Gasteiger partial charge in [0.25, 0.3) is 0 Å². The summed E-state index contributed by atoms with van der Waals surface area (Å²) in [5.41, 5.74) is 0. The Kier molecular flexibility index (Phi) is 31.1. The van der Waals surface area contributed by atoms with Crippen LogP contribution in [0.3, 0.4) is 0 Å². The lowest BCUT2D eigenvalue weighted by Crippen LogP contribution is -2.66. The molecule has 3 aliphatic rings. The van der Waals surface area contributed by atoms with Crippen LogP contribution >= 0.6 is 0 Å². The van der Waals surface area contributed by atoms with Gasteiger partial charge >= 0.3 is 0 Å². The first-order chi connectivity index (χ1) is 32.8. The van der Waals surface area contributed by atoms with Gasteiger partial charge in [-0.25, -0.2) is 0 Å². The summed E-state index contributed by atoms with van der Waals surface area (Å²) in [5, 5.41) is 120. The maximum atomic E-state index is 13.2. The van der Waals surface area contributed by atoms with E-state index in [1.807, 2.05) is 0 Å². The second kappa shape index (κ2) is 34.8. The molecule has 1 amide bonds. The van der Waals surface area contributed by atoms with E-state index in [0.29, 0.717) is 12.8 Å². The number of aliphatic hydroxyl groups excluding tert-OH is 11. The number of nitrogens with one attached hydrogen (secondary N) is 1. The lowest BCUT2D eigenvalue weighted by atomic mass is 9.96. The van der Waals surface area contributed by atoms with Gasteiger partial charge in [0.2, 0.25) is 5.91 Å². The van der Waals surface area contributed by atoms with Gasteiger partial charge in [0, 0.05) is 6.42 Å². The van der Waals surface area contributed by atoms with Crippen molar-refractivity contribution in [2.24, 2.45) is 0 Å². The van der Waals surface area contributed by atoms with Crippen LogP contribution in [0.2, 0.25) is 0 Å². The SMILES string of the molecule is CCC/C=C\CCCCCCCC(=O)NC(COC1OC(CO)C(OC2OC(CO)C(OC3OC(CO)C(O)C(O)C3O)C(O)C2O)C(O)C1O)C(O)CCCCCCCCCCCCCCC. The number of unbranched alkanes of at least 4 members (excludes halogenated alkanes) is 18. The molecule has 3 aliphatic heterocycles. The number of carbonyl (C=O) groups is 1. The predicted molar refractivity (Wildman–Crippen MR) is 250 cm³/mol. The van der Waals surface area contributed by atoms with Crippen LogP contribution in [-0.2, 0) is 33.2 Å². The maximum Gasteiger partial charge on any atom is 0.220 e. The average molecular weight is 982 g/mol. The predicted octanol–water partition coefficient (Wildman–Crippen LogP) is 1.87. The molecule has 68 heavy (non-hydrogen) atoms. The molecule has 19 nitrogen and oxygen atoms in total. The van der Waals surface area contributed by atoms with Crippen LogP contribution in [-0.4, -0.2) is 193 Å². The number of amides is 1. The summed E-state index contributed by atoms with van der Waals surface area (Å²) in [6.07, 6.45) is 1.87. The summed E-state index contributed by atoms with van der Waals surface area (Å²) in [6, 6.07) is -0.884. The van der Waals surface area contributed by atoms with Crippen LogP contribution in [0.5, 0.6) is 0 Å². The Morgan fingerprint density at radius 2 is 0.956 bits per heavy atom. The molecule has 0 bridgehead atoms. The molecule has 3 saturated heterocycles. The van der Waals surface area contributed by atoms with Crippen molar-refractivity contribution in [3.05, 3.63) is 12.2 Å². The molecular formula is C49H91NO18. The summed E-state index contributed by atoms with van der Waals surface area (Å²) < 4.78 is 34.1. The second-order valence-corrected chi connectivity index (χ2v) is 19.0. The van der Waals surface area contributed by atoms with Crippen LogP contribution in [0, 0.1) is 0 Å². The smallest absolute Gasteiger partial charge is 0.220 e. The number of aliphatic hydroxyl groups is 11. The second-order valence-electron chi connectivity index (χ2n) is 19.0. The lowest BCUT2D eigenvalue weighted by molar-refractivity contribution is -0.379. The zero-order valence-corrected chi connectivity index (χ0v) is 40.8. The van der Waals surface area contributed by atoms with Gasteiger partial charge in [-0.3, -0.25) is 4.79 Å². The summed E-state index contributed by atoms with van der Waals surface area (Å²) >= 11 is 0. The molecule has 0 aromatic carbocycles.